The third kappa shape index (κ3) is 1.88. The summed E-state index contributed by atoms with van der Waals surface area (Å²) < 4.78 is 4.55. The molecule has 0 aromatic carbocycles. The first-order valence-electron chi connectivity index (χ1n) is 3.60. The van der Waals surface area contributed by atoms with Crippen LogP contribution in [0.2, 0.25) is 0 Å². The standard InChI is InChI=1S/C6H12INO4/c7-3-4(8)6(11)12-2(1-9)5(3)10/h2-6,9-11H,1,8H2/t2-,3+,4-,5-,6+/m1/s1. The molecule has 0 amide bonds. The van der Waals surface area contributed by atoms with E-state index in [0.29, 0.717) is 0 Å². The zero-order valence-corrected chi connectivity index (χ0v) is 8.46. The fourth-order valence-corrected chi connectivity index (χ4v) is 1.91. The van der Waals surface area contributed by atoms with E-state index >= 15 is 0 Å². The molecule has 1 aliphatic rings. The van der Waals surface area contributed by atoms with Gasteiger partial charge in [0.1, 0.15) is 6.10 Å². The second kappa shape index (κ2) is 4.16. The molecular weight excluding hydrogens is 277 g/mol. The fraction of sp³-hybridized carbons (Fsp3) is 1.00. The van der Waals surface area contributed by atoms with Crippen molar-refractivity contribution in [2.24, 2.45) is 5.73 Å². The number of nitrogens with two attached hydrogens (primary N) is 1. The number of aliphatic hydroxyl groups is 3. The Kier molecular flexibility index (Phi) is 3.68. The molecule has 0 saturated carbocycles. The first kappa shape index (κ1) is 10.6. The molecule has 0 bridgehead atoms. The maximum atomic E-state index is 9.44. The van der Waals surface area contributed by atoms with Crippen molar-refractivity contribution < 1.29 is 20.1 Å². The Morgan fingerprint density at radius 3 is 2.50 bits per heavy atom. The predicted molar refractivity (Wildman–Crippen MR) is 49.8 cm³/mol. The summed E-state index contributed by atoms with van der Waals surface area (Å²) in [6.45, 7) is -0.315. The molecule has 0 aliphatic carbocycles. The van der Waals surface area contributed by atoms with E-state index in [1.807, 2.05) is 22.6 Å². The number of alkyl halides is 1. The Morgan fingerprint density at radius 1 is 1.42 bits per heavy atom. The van der Waals surface area contributed by atoms with Crippen molar-refractivity contribution in [2.75, 3.05) is 6.61 Å². The molecule has 0 unspecified atom stereocenters. The van der Waals surface area contributed by atoms with Gasteiger partial charge in [-0.1, -0.05) is 22.6 Å². The van der Waals surface area contributed by atoms with Gasteiger partial charge in [0.15, 0.2) is 6.29 Å². The lowest BCUT2D eigenvalue weighted by atomic mass is 10.0. The molecule has 1 fully saturated rings. The fourth-order valence-electron chi connectivity index (χ4n) is 1.09. The molecule has 0 spiro atoms. The first-order valence-corrected chi connectivity index (χ1v) is 4.84. The van der Waals surface area contributed by atoms with Crippen LogP contribution in [0.4, 0.5) is 0 Å². The summed E-state index contributed by atoms with van der Waals surface area (Å²) in [5.41, 5.74) is 5.50. The summed E-state index contributed by atoms with van der Waals surface area (Å²) in [5.74, 6) is 0. The highest BCUT2D eigenvalue weighted by molar-refractivity contribution is 14.1. The highest BCUT2D eigenvalue weighted by Gasteiger charge is 2.40. The number of halogens is 1. The zero-order valence-electron chi connectivity index (χ0n) is 6.30. The van der Waals surface area contributed by atoms with Crippen LogP contribution in [0.1, 0.15) is 0 Å². The maximum Gasteiger partial charge on any atom is 0.171 e. The van der Waals surface area contributed by atoms with E-state index in [1.54, 1.807) is 0 Å². The lowest BCUT2D eigenvalue weighted by Crippen LogP contribution is -2.59. The maximum absolute atomic E-state index is 9.44. The molecule has 1 aliphatic heterocycles. The van der Waals surface area contributed by atoms with Crippen LogP contribution in [0, 0.1) is 0 Å². The zero-order chi connectivity index (χ0) is 9.30. The van der Waals surface area contributed by atoms with Gasteiger partial charge in [-0.05, 0) is 0 Å². The molecule has 5 N–H and O–H groups in total. The van der Waals surface area contributed by atoms with Gasteiger partial charge in [0.2, 0.25) is 0 Å². The van der Waals surface area contributed by atoms with Crippen LogP contribution < -0.4 is 5.73 Å². The van der Waals surface area contributed by atoms with E-state index in [0.717, 1.165) is 0 Å². The highest BCUT2D eigenvalue weighted by atomic mass is 127. The number of hydrogen-bond acceptors (Lipinski definition) is 5. The minimum Gasteiger partial charge on any atom is -0.394 e. The van der Waals surface area contributed by atoms with Crippen LogP contribution in [0.3, 0.4) is 0 Å². The molecule has 1 heterocycles. The molecule has 5 nitrogen and oxygen atoms in total. The van der Waals surface area contributed by atoms with Crippen LogP contribution >= 0.6 is 22.6 Å². The Bertz CT molecular complexity index is 154. The van der Waals surface area contributed by atoms with Gasteiger partial charge in [0, 0.05) is 0 Å². The van der Waals surface area contributed by atoms with Gasteiger partial charge in [-0.3, -0.25) is 0 Å². The molecule has 5 atom stereocenters. The molecule has 0 radical (unpaired) electrons. The van der Waals surface area contributed by atoms with Gasteiger partial charge in [-0.15, -0.1) is 0 Å². The van der Waals surface area contributed by atoms with E-state index in [4.69, 9.17) is 15.6 Å². The second-order valence-corrected chi connectivity index (χ2v) is 4.20. The van der Waals surface area contributed by atoms with Crippen LogP contribution in [0.15, 0.2) is 0 Å². The molecule has 1 rings (SSSR count). The van der Waals surface area contributed by atoms with Crippen molar-refractivity contribution in [3.8, 4) is 0 Å². The number of ether oxygens (including phenoxy) is 1. The average molecular weight is 289 g/mol. The van der Waals surface area contributed by atoms with Gasteiger partial charge in [-0.2, -0.15) is 0 Å². The van der Waals surface area contributed by atoms with Gasteiger partial charge in [0.25, 0.3) is 0 Å². The van der Waals surface area contributed by atoms with Crippen LogP contribution in [-0.2, 0) is 4.74 Å². The Balaban J connectivity index is 2.63. The van der Waals surface area contributed by atoms with Crippen LogP contribution in [0.5, 0.6) is 0 Å². The molecule has 6 heteroatoms. The quantitative estimate of drug-likeness (QED) is 0.337. The van der Waals surface area contributed by atoms with Crippen molar-refractivity contribution in [2.45, 2.75) is 28.5 Å². The summed E-state index contributed by atoms with van der Waals surface area (Å²) in [5, 5.41) is 27.4. The summed E-state index contributed by atoms with van der Waals surface area (Å²) in [4.78, 5) is 0. The lowest BCUT2D eigenvalue weighted by molar-refractivity contribution is -0.211. The summed E-state index contributed by atoms with van der Waals surface area (Å²) in [6, 6.07) is -0.608. The van der Waals surface area contributed by atoms with Crippen molar-refractivity contribution >= 4 is 22.6 Å². The number of rotatable bonds is 1. The Labute approximate surface area is 83.7 Å². The average Bonchev–Trinajstić information content (AvgIpc) is 2.08. The number of hydrogen-bond donors (Lipinski definition) is 4. The van der Waals surface area contributed by atoms with Gasteiger partial charge in [0.05, 0.1) is 22.7 Å². The summed E-state index contributed by atoms with van der Waals surface area (Å²) in [7, 11) is 0. The Morgan fingerprint density at radius 2 is 2.00 bits per heavy atom. The lowest BCUT2D eigenvalue weighted by Gasteiger charge is -2.38. The SMILES string of the molecule is N[C@@H]1[C@H](I)[C@H](O)[C@@H](CO)O[C@@H]1O. The molecule has 0 aromatic heterocycles. The van der Waals surface area contributed by atoms with E-state index in [-0.39, 0.29) is 10.5 Å². The Hall–Kier alpha value is 0.530. The molecule has 1 saturated heterocycles. The van der Waals surface area contributed by atoms with Crippen LogP contribution in [0.25, 0.3) is 0 Å². The monoisotopic (exact) mass is 289 g/mol. The van der Waals surface area contributed by atoms with Crippen molar-refractivity contribution in [3.63, 3.8) is 0 Å². The van der Waals surface area contributed by atoms with Crippen molar-refractivity contribution in [3.05, 3.63) is 0 Å². The van der Waals surface area contributed by atoms with Crippen molar-refractivity contribution in [1.29, 1.82) is 0 Å². The third-order valence-electron chi connectivity index (χ3n) is 1.90. The molecule has 72 valence electrons. The first-order chi connectivity index (χ1) is 5.57. The minimum atomic E-state index is -1.10. The number of aliphatic hydroxyl groups excluding tert-OH is 3. The van der Waals surface area contributed by atoms with Gasteiger partial charge < -0.3 is 25.8 Å². The smallest absolute Gasteiger partial charge is 0.171 e. The largest absolute Gasteiger partial charge is 0.394 e. The van der Waals surface area contributed by atoms with E-state index in [2.05, 4.69) is 0 Å². The minimum absolute atomic E-state index is 0.302. The van der Waals surface area contributed by atoms with Gasteiger partial charge in [-0.25, -0.2) is 0 Å². The normalized spacial score (nSPS) is 49.2. The third-order valence-corrected chi connectivity index (χ3v) is 3.47. The molecule has 0 aromatic rings. The topological polar surface area (TPSA) is 95.9 Å². The summed E-state index contributed by atoms with van der Waals surface area (Å²) in [6.07, 6.45) is -2.66. The van der Waals surface area contributed by atoms with Crippen molar-refractivity contribution in [1.82, 2.24) is 0 Å². The van der Waals surface area contributed by atoms with E-state index < -0.39 is 24.5 Å². The predicted octanol–water partition coefficient (Wildman–Crippen LogP) is -1.81. The van der Waals surface area contributed by atoms with E-state index in [1.165, 1.54) is 0 Å². The highest BCUT2D eigenvalue weighted by Crippen LogP contribution is 2.24. The second-order valence-electron chi connectivity index (χ2n) is 2.76. The van der Waals surface area contributed by atoms with Gasteiger partial charge >= 0.3 is 0 Å². The molecular formula is C6H12INO4. The summed E-state index contributed by atoms with van der Waals surface area (Å²) >= 11 is 1.94. The van der Waals surface area contributed by atoms with E-state index in [9.17, 15) is 10.2 Å². The molecule has 12 heavy (non-hydrogen) atoms. The van der Waals surface area contributed by atoms with Crippen LogP contribution in [-0.4, -0.2) is 50.4 Å².